The molecule has 0 saturated heterocycles. The van der Waals surface area contributed by atoms with Crippen LogP contribution in [0.4, 0.5) is 5.69 Å². The number of nitrogens with one attached hydrogen (secondary N) is 1. The van der Waals surface area contributed by atoms with Crippen molar-refractivity contribution >= 4 is 17.3 Å². The Balaban J connectivity index is 2.62. The van der Waals surface area contributed by atoms with E-state index >= 15 is 0 Å². The van der Waals surface area contributed by atoms with E-state index in [1.54, 1.807) is 20.3 Å². The molecule has 0 radical (unpaired) electrons. The summed E-state index contributed by atoms with van der Waals surface area (Å²) >= 11 is 6.03. The van der Waals surface area contributed by atoms with Gasteiger partial charge in [-0.15, -0.1) is 0 Å². The summed E-state index contributed by atoms with van der Waals surface area (Å²) in [6, 6.07) is 3.58. The zero-order valence-electron chi connectivity index (χ0n) is 11.1. The molecule has 1 N–H and O–H groups in total. The van der Waals surface area contributed by atoms with Gasteiger partial charge < -0.3 is 19.5 Å². The molecule has 0 heterocycles. The second kappa shape index (κ2) is 8.06. The topological polar surface area (TPSA) is 39.7 Å². The normalized spacial score (nSPS) is 10.2. The van der Waals surface area contributed by atoms with Crippen LogP contribution in [0.3, 0.4) is 0 Å². The van der Waals surface area contributed by atoms with Crippen LogP contribution in [0.15, 0.2) is 12.1 Å². The molecule has 5 heteroatoms. The summed E-state index contributed by atoms with van der Waals surface area (Å²) in [4.78, 5) is 0. The van der Waals surface area contributed by atoms with E-state index in [2.05, 4.69) is 5.32 Å². The minimum atomic E-state index is 0.536. The Morgan fingerprint density at radius 3 is 2.50 bits per heavy atom. The molecule has 18 heavy (non-hydrogen) atoms. The van der Waals surface area contributed by atoms with Crippen LogP contribution in [0.5, 0.6) is 11.5 Å². The Hall–Kier alpha value is -1.13. The van der Waals surface area contributed by atoms with E-state index in [1.165, 1.54) is 0 Å². The van der Waals surface area contributed by atoms with Gasteiger partial charge in [-0.1, -0.05) is 11.6 Å². The minimum absolute atomic E-state index is 0.536. The van der Waals surface area contributed by atoms with Crippen LogP contribution in [0.1, 0.15) is 13.3 Å². The first-order valence-electron chi connectivity index (χ1n) is 5.96. The van der Waals surface area contributed by atoms with E-state index in [1.807, 2.05) is 13.0 Å². The van der Waals surface area contributed by atoms with E-state index in [0.29, 0.717) is 16.5 Å². The van der Waals surface area contributed by atoms with Crippen molar-refractivity contribution in [2.75, 3.05) is 39.3 Å². The van der Waals surface area contributed by atoms with Crippen molar-refractivity contribution in [3.8, 4) is 11.5 Å². The lowest BCUT2D eigenvalue weighted by Crippen LogP contribution is -2.07. The van der Waals surface area contributed by atoms with Crippen molar-refractivity contribution in [2.45, 2.75) is 13.3 Å². The zero-order valence-corrected chi connectivity index (χ0v) is 11.8. The number of benzene rings is 1. The van der Waals surface area contributed by atoms with E-state index in [-0.39, 0.29) is 0 Å². The Morgan fingerprint density at radius 2 is 1.89 bits per heavy atom. The van der Waals surface area contributed by atoms with Crippen LogP contribution < -0.4 is 14.8 Å². The monoisotopic (exact) mass is 273 g/mol. The molecule has 102 valence electrons. The first kappa shape index (κ1) is 14.9. The summed E-state index contributed by atoms with van der Waals surface area (Å²) in [6.45, 7) is 4.29. The molecule has 0 amide bonds. The van der Waals surface area contributed by atoms with Gasteiger partial charge in [0.15, 0.2) is 0 Å². The summed E-state index contributed by atoms with van der Waals surface area (Å²) in [5.74, 6) is 1.34. The molecule has 4 nitrogen and oxygen atoms in total. The molecule has 0 aliphatic carbocycles. The number of hydrogen-bond acceptors (Lipinski definition) is 4. The third-order valence-corrected chi connectivity index (χ3v) is 2.75. The molecule has 1 aromatic carbocycles. The number of ether oxygens (including phenoxy) is 3. The fraction of sp³-hybridized carbons (Fsp3) is 0.538. The number of hydrogen-bond donors (Lipinski definition) is 1. The summed E-state index contributed by atoms with van der Waals surface area (Å²) in [6.07, 6.45) is 0.932. The fourth-order valence-electron chi connectivity index (χ4n) is 1.54. The van der Waals surface area contributed by atoms with Gasteiger partial charge in [0, 0.05) is 31.9 Å². The fourth-order valence-corrected chi connectivity index (χ4v) is 1.77. The van der Waals surface area contributed by atoms with Gasteiger partial charge in [-0.3, -0.25) is 0 Å². The van der Waals surface area contributed by atoms with Crippen LogP contribution in [-0.2, 0) is 4.74 Å². The highest BCUT2D eigenvalue weighted by atomic mass is 35.5. The number of halogens is 1. The SMILES string of the molecule is CCOCCCNc1cc(OC)c(Cl)cc1OC. The maximum Gasteiger partial charge on any atom is 0.143 e. The van der Waals surface area contributed by atoms with Crippen LogP contribution >= 0.6 is 11.6 Å². The maximum absolute atomic E-state index is 6.03. The average molecular weight is 274 g/mol. The second-order valence-electron chi connectivity index (χ2n) is 3.66. The molecule has 0 saturated carbocycles. The number of anilines is 1. The lowest BCUT2D eigenvalue weighted by molar-refractivity contribution is 0.147. The average Bonchev–Trinajstić information content (AvgIpc) is 2.39. The molecular formula is C13H20ClNO3. The second-order valence-corrected chi connectivity index (χ2v) is 4.07. The highest BCUT2D eigenvalue weighted by Crippen LogP contribution is 2.35. The Labute approximate surface area is 113 Å². The molecule has 0 fully saturated rings. The van der Waals surface area contributed by atoms with Gasteiger partial charge in [-0.2, -0.15) is 0 Å². The summed E-state index contributed by atoms with van der Waals surface area (Å²) in [5.41, 5.74) is 0.871. The first-order chi connectivity index (χ1) is 8.72. The molecular weight excluding hydrogens is 254 g/mol. The van der Waals surface area contributed by atoms with Crippen molar-refractivity contribution < 1.29 is 14.2 Å². The summed E-state index contributed by atoms with van der Waals surface area (Å²) < 4.78 is 15.7. The van der Waals surface area contributed by atoms with Crippen molar-refractivity contribution in [2.24, 2.45) is 0 Å². The zero-order chi connectivity index (χ0) is 13.4. The van der Waals surface area contributed by atoms with Crippen molar-refractivity contribution in [1.29, 1.82) is 0 Å². The summed E-state index contributed by atoms with van der Waals surface area (Å²) in [7, 11) is 3.20. The van der Waals surface area contributed by atoms with Crippen LogP contribution in [-0.4, -0.2) is 34.0 Å². The minimum Gasteiger partial charge on any atom is -0.495 e. The largest absolute Gasteiger partial charge is 0.495 e. The van der Waals surface area contributed by atoms with E-state index in [4.69, 9.17) is 25.8 Å². The smallest absolute Gasteiger partial charge is 0.143 e. The predicted molar refractivity (Wildman–Crippen MR) is 74.2 cm³/mol. The molecule has 0 aliphatic rings. The van der Waals surface area contributed by atoms with Crippen LogP contribution in [0.25, 0.3) is 0 Å². The summed E-state index contributed by atoms with van der Waals surface area (Å²) in [5, 5.41) is 3.82. The lowest BCUT2D eigenvalue weighted by Gasteiger charge is -2.13. The maximum atomic E-state index is 6.03. The van der Waals surface area contributed by atoms with Crippen molar-refractivity contribution in [1.82, 2.24) is 0 Å². The van der Waals surface area contributed by atoms with Gasteiger partial charge in [-0.25, -0.2) is 0 Å². The van der Waals surface area contributed by atoms with Crippen LogP contribution in [0, 0.1) is 0 Å². The molecule has 0 unspecified atom stereocenters. The van der Waals surface area contributed by atoms with Gasteiger partial charge in [0.25, 0.3) is 0 Å². The Morgan fingerprint density at radius 1 is 1.17 bits per heavy atom. The van der Waals surface area contributed by atoms with Gasteiger partial charge >= 0.3 is 0 Å². The molecule has 0 atom stereocenters. The Kier molecular flexibility index (Phi) is 6.68. The molecule has 1 aromatic rings. The predicted octanol–water partition coefficient (Wildman–Crippen LogP) is 3.20. The standard InChI is InChI=1S/C13H20ClNO3/c1-4-18-7-5-6-15-11-9-12(16-2)10(14)8-13(11)17-3/h8-9,15H,4-7H2,1-3H3. The van der Waals surface area contributed by atoms with Crippen molar-refractivity contribution in [3.05, 3.63) is 17.2 Å². The van der Waals surface area contributed by atoms with Gasteiger partial charge in [-0.05, 0) is 13.3 Å². The quantitative estimate of drug-likeness (QED) is 0.739. The highest BCUT2D eigenvalue weighted by molar-refractivity contribution is 6.32. The van der Waals surface area contributed by atoms with Gasteiger partial charge in [0.2, 0.25) is 0 Å². The van der Waals surface area contributed by atoms with Gasteiger partial charge in [0.1, 0.15) is 11.5 Å². The Bertz CT molecular complexity index is 371. The molecule has 1 rings (SSSR count). The lowest BCUT2D eigenvalue weighted by atomic mass is 10.2. The number of rotatable bonds is 8. The highest BCUT2D eigenvalue weighted by Gasteiger charge is 2.09. The molecule has 0 bridgehead atoms. The van der Waals surface area contributed by atoms with E-state index in [0.717, 1.165) is 31.9 Å². The third-order valence-electron chi connectivity index (χ3n) is 2.46. The molecule has 0 aromatic heterocycles. The van der Waals surface area contributed by atoms with E-state index in [9.17, 15) is 0 Å². The molecule has 0 spiro atoms. The van der Waals surface area contributed by atoms with E-state index < -0.39 is 0 Å². The third kappa shape index (κ3) is 4.27. The van der Waals surface area contributed by atoms with Crippen molar-refractivity contribution in [3.63, 3.8) is 0 Å². The van der Waals surface area contributed by atoms with Gasteiger partial charge in [0.05, 0.1) is 24.9 Å². The van der Waals surface area contributed by atoms with Crippen LogP contribution in [0.2, 0.25) is 5.02 Å². The molecule has 0 aliphatic heterocycles. The number of methoxy groups -OCH3 is 2. The first-order valence-corrected chi connectivity index (χ1v) is 6.33.